The van der Waals surface area contributed by atoms with Crippen LogP contribution in [0.3, 0.4) is 0 Å². The van der Waals surface area contributed by atoms with Crippen LogP contribution in [0, 0.1) is 0 Å². The third kappa shape index (κ3) is 2.35. The fourth-order valence-corrected chi connectivity index (χ4v) is 2.10. The van der Waals surface area contributed by atoms with Crippen LogP contribution in [0.15, 0.2) is 53.5 Å². The summed E-state index contributed by atoms with van der Waals surface area (Å²) < 4.78 is 5.46. The van der Waals surface area contributed by atoms with Crippen LogP contribution in [0.2, 0.25) is 10.0 Å². The van der Waals surface area contributed by atoms with Gasteiger partial charge in [0.1, 0.15) is 5.69 Å². The second-order valence-electron chi connectivity index (χ2n) is 3.89. The Morgan fingerprint density at radius 3 is 2.42 bits per heavy atom. The van der Waals surface area contributed by atoms with Crippen molar-refractivity contribution in [2.75, 3.05) is 0 Å². The van der Waals surface area contributed by atoms with Crippen LogP contribution in [0.4, 0.5) is 0 Å². The third-order valence-corrected chi connectivity index (χ3v) is 3.44. The molecule has 19 heavy (non-hydrogen) atoms. The van der Waals surface area contributed by atoms with Crippen LogP contribution in [0.25, 0.3) is 22.6 Å². The first kappa shape index (κ1) is 12.2. The van der Waals surface area contributed by atoms with Crippen LogP contribution < -0.4 is 0 Å². The number of benzene rings is 1. The molecule has 0 aliphatic heterocycles. The lowest BCUT2D eigenvalue weighted by atomic mass is 10.1. The lowest BCUT2D eigenvalue weighted by Gasteiger charge is -2.03. The van der Waals surface area contributed by atoms with Gasteiger partial charge in [0.15, 0.2) is 12.2 Å². The molecule has 3 aromatic rings. The van der Waals surface area contributed by atoms with E-state index in [9.17, 15) is 0 Å². The minimum Gasteiger partial charge on any atom is -0.443 e. The van der Waals surface area contributed by atoms with Crippen molar-refractivity contribution in [2.45, 2.75) is 0 Å². The van der Waals surface area contributed by atoms with Crippen LogP contribution >= 0.6 is 23.2 Å². The molecule has 0 N–H and O–H groups in total. The standard InChI is InChI=1S/C14H8Cl2N2O/c15-11-2-1-10(7-12(11)16)13-14(19-8-18-13)9-3-5-17-6-4-9/h1-8H. The van der Waals surface area contributed by atoms with Gasteiger partial charge in [-0.3, -0.25) is 4.98 Å². The Balaban J connectivity index is 2.12. The SMILES string of the molecule is Clc1ccc(-c2ncoc2-c2ccncc2)cc1Cl. The van der Waals surface area contributed by atoms with E-state index in [1.54, 1.807) is 24.5 Å². The van der Waals surface area contributed by atoms with Crippen molar-refractivity contribution in [2.24, 2.45) is 0 Å². The minimum absolute atomic E-state index is 0.489. The van der Waals surface area contributed by atoms with Gasteiger partial charge in [-0.25, -0.2) is 4.98 Å². The molecule has 0 aliphatic carbocycles. The van der Waals surface area contributed by atoms with Gasteiger partial charge in [-0.2, -0.15) is 0 Å². The molecule has 94 valence electrons. The molecule has 3 nitrogen and oxygen atoms in total. The van der Waals surface area contributed by atoms with E-state index in [1.165, 1.54) is 6.39 Å². The van der Waals surface area contributed by atoms with Crippen molar-refractivity contribution < 1.29 is 4.42 Å². The number of nitrogens with zero attached hydrogens (tertiary/aromatic N) is 2. The minimum atomic E-state index is 0.489. The van der Waals surface area contributed by atoms with Gasteiger partial charge in [0.2, 0.25) is 0 Å². The molecule has 5 heteroatoms. The highest BCUT2D eigenvalue weighted by atomic mass is 35.5. The fraction of sp³-hybridized carbons (Fsp3) is 0. The average molecular weight is 291 g/mol. The van der Waals surface area contributed by atoms with Crippen LogP contribution in [-0.4, -0.2) is 9.97 Å². The summed E-state index contributed by atoms with van der Waals surface area (Å²) >= 11 is 11.9. The summed E-state index contributed by atoms with van der Waals surface area (Å²) in [6, 6.07) is 9.09. The van der Waals surface area contributed by atoms with Gasteiger partial charge in [-0.1, -0.05) is 29.3 Å². The second kappa shape index (κ2) is 5.03. The van der Waals surface area contributed by atoms with Crippen LogP contribution in [0.1, 0.15) is 0 Å². The molecule has 0 spiro atoms. The molecule has 0 saturated carbocycles. The van der Waals surface area contributed by atoms with Gasteiger partial charge in [-0.15, -0.1) is 0 Å². The molecule has 2 aromatic heterocycles. The Bertz CT molecular complexity index is 710. The Morgan fingerprint density at radius 1 is 0.895 bits per heavy atom. The highest BCUT2D eigenvalue weighted by Crippen LogP contribution is 2.33. The number of hydrogen-bond acceptors (Lipinski definition) is 3. The summed E-state index contributed by atoms with van der Waals surface area (Å²) in [5.74, 6) is 0.681. The predicted molar refractivity (Wildman–Crippen MR) is 75.2 cm³/mol. The van der Waals surface area contributed by atoms with E-state index in [0.29, 0.717) is 15.8 Å². The zero-order valence-corrected chi connectivity index (χ0v) is 11.2. The number of oxazole rings is 1. The monoisotopic (exact) mass is 290 g/mol. The first-order valence-electron chi connectivity index (χ1n) is 5.55. The van der Waals surface area contributed by atoms with Crippen LogP contribution in [0.5, 0.6) is 0 Å². The normalized spacial score (nSPS) is 10.6. The van der Waals surface area contributed by atoms with Gasteiger partial charge in [-0.05, 0) is 24.3 Å². The Kier molecular flexibility index (Phi) is 3.23. The summed E-state index contributed by atoms with van der Waals surface area (Å²) in [7, 11) is 0. The van der Waals surface area contributed by atoms with Crippen molar-refractivity contribution in [1.82, 2.24) is 9.97 Å². The van der Waals surface area contributed by atoms with Gasteiger partial charge < -0.3 is 4.42 Å². The van der Waals surface area contributed by atoms with Crippen molar-refractivity contribution >= 4 is 23.2 Å². The average Bonchev–Trinajstić information content (AvgIpc) is 2.92. The topological polar surface area (TPSA) is 38.9 Å². The van der Waals surface area contributed by atoms with Gasteiger partial charge >= 0.3 is 0 Å². The number of aromatic nitrogens is 2. The predicted octanol–water partition coefficient (Wildman–Crippen LogP) is 4.71. The number of hydrogen-bond donors (Lipinski definition) is 0. The molecule has 0 radical (unpaired) electrons. The summed E-state index contributed by atoms with van der Waals surface area (Å²) in [4.78, 5) is 8.23. The highest BCUT2D eigenvalue weighted by Gasteiger charge is 2.13. The molecule has 0 aliphatic rings. The zero-order valence-electron chi connectivity index (χ0n) is 9.68. The zero-order chi connectivity index (χ0) is 13.2. The largest absolute Gasteiger partial charge is 0.443 e. The third-order valence-electron chi connectivity index (χ3n) is 2.70. The molecular weight excluding hydrogens is 283 g/mol. The first-order chi connectivity index (χ1) is 9.25. The smallest absolute Gasteiger partial charge is 0.182 e. The molecule has 0 saturated heterocycles. The van der Waals surface area contributed by atoms with E-state index in [-0.39, 0.29) is 0 Å². The number of halogens is 2. The maximum absolute atomic E-state index is 6.03. The van der Waals surface area contributed by atoms with Crippen molar-refractivity contribution in [1.29, 1.82) is 0 Å². The van der Waals surface area contributed by atoms with Crippen molar-refractivity contribution in [3.05, 3.63) is 59.2 Å². The van der Waals surface area contributed by atoms with E-state index in [4.69, 9.17) is 27.6 Å². The van der Waals surface area contributed by atoms with Gasteiger partial charge in [0, 0.05) is 23.5 Å². The molecule has 0 unspecified atom stereocenters. The molecule has 0 atom stereocenters. The lowest BCUT2D eigenvalue weighted by Crippen LogP contribution is -1.83. The Hall–Kier alpha value is -1.84. The van der Waals surface area contributed by atoms with E-state index in [0.717, 1.165) is 16.8 Å². The maximum Gasteiger partial charge on any atom is 0.182 e. The quantitative estimate of drug-likeness (QED) is 0.686. The first-order valence-corrected chi connectivity index (χ1v) is 6.30. The summed E-state index contributed by atoms with van der Waals surface area (Å²) in [6.07, 6.45) is 4.82. The van der Waals surface area contributed by atoms with E-state index >= 15 is 0 Å². The molecule has 2 heterocycles. The summed E-state index contributed by atoms with van der Waals surface area (Å²) in [5.41, 5.74) is 2.49. The number of rotatable bonds is 2. The van der Waals surface area contributed by atoms with Gasteiger partial charge in [0.25, 0.3) is 0 Å². The second-order valence-corrected chi connectivity index (χ2v) is 4.71. The maximum atomic E-state index is 6.03. The molecular formula is C14H8Cl2N2O. The fourth-order valence-electron chi connectivity index (χ4n) is 1.80. The van der Waals surface area contributed by atoms with Crippen LogP contribution in [-0.2, 0) is 0 Å². The Labute approximate surface area is 119 Å². The highest BCUT2D eigenvalue weighted by molar-refractivity contribution is 6.42. The van der Waals surface area contributed by atoms with E-state index < -0.39 is 0 Å². The summed E-state index contributed by atoms with van der Waals surface area (Å²) in [6.45, 7) is 0. The molecule has 0 amide bonds. The molecule has 0 fully saturated rings. The lowest BCUT2D eigenvalue weighted by molar-refractivity contribution is 0.572. The molecule has 3 rings (SSSR count). The van der Waals surface area contributed by atoms with E-state index in [2.05, 4.69) is 9.97 Å². The van der Waals surface area contributed by atoms with E-state index in [1.807, 2.05) is 18.2 Å². The number of pyridine rings is 1. The molecule has 0 bridgehead atoms. The summed E-state index contributed by atoms with van der Waals surface area (Å²) in [5, 5.41) is 1.00. The van der Waals surface area contributed by atoms with Crippen molar-refractivity contribution in [3.63, 3.8) is 0 Å². The molecule has 1 aromatic carbocycles. The Morgan fingerprint density at radius 2 is 1.68 bits per heavy atom. The van der Waals surface area contributed by atoms with Gasteiger partial charge in [0.05, 0.1) is 10.0 Å². The van der Waals surface area contributed by atoms with Crippen molar-refractivity contribution in [3.8, 4) is 22.6 Å².